The molecule has 0 radical (unpaired) electrons. The van der Waals surface area contributed by atoms with Crippen LogP contribution in [0.3, 0.4) is 0 Å². The number of amides is 1. The minimum Gasteiger partial charge on any atom is -0.459 e. The van der Waals surface area contributed by atoms with Crippen molar-refractivity contribution < 1.29 is 23.9 Å². The van der Waals surface area contributed by atoms with Crippen molar-refractivity contribution >= 4 is 23.5 Å². The number of carbonyl (C=O) groups is 3. The molecule has 0 aliphatic carbocycles. The highest BCUT2D eigenvalue weighted by Crippen LogP contribution is 2.19. The lowest BCUT2D eigenvalue weighted by molar-refractivity contribution is -0.147. The number of benzene rings is 2. The molecule has 6 heteroatoms. The molecule has 0 heterocycles. The summed E-state index contributed by atoms with van der Waals surface area (Å²) in [6, 6.07) is 16.0. The Morgan fingerprint density at radius 1 is 0.929 bits per heavy atom. The van der Waals surface area contributed by atoms with Gasteiger partial charge in [0.25, 0.3) is 5.91 Å². The maximum atomic E-state index is 12.0. The molecule has 0 saturated heterocycles. The van der Waals surface area contributed by atoms with Crippen LogP contribution in [0.1, 0.15) is 49.0 Å². The van der Waals surface area contributed by atoms with Crippen LogP contribution in [0, 0.1) is 0 Å². The van der Waals surface area contributed by atoms with Gasteiger partial charge in [-0.1, -0.05) is 37.3 Å². The van der Waals surface area contributed by atoms with Gasteiger partial charge in [0, 0.05) is 5.69 Å². The predicted molar refractivity (Wildman–Crippen MR) is 106 cm³/mol. The van der Waals surface area contributed by atoms with Crippen LogP contribution in [0.2, 0.25) is 0 Å². The summed E-state index contributed by atoms with van der Waals surface area (Å²) in [7, 11) is 0. The highest BCUT2D eigenvalue weighted by molar-refractivity contribution is 5.94. The highest BCUT2D eigenvalue weighted by Gasteiger charge is 2.14. The molecule has 1 amide bonds. The molecule has 0 aliphatic rings. The molecule has 0 bridgehead atoms. The fourth-order valence-corrected chi connectivity index (χ4v) is 2.52. The largest absolute Gasteiger partial charge is 0.459 e. The van der Waals surface area contributed by atoms with Crippen molar-refractivity contribution in [2.24, 2.45) is 0 Å². The van der Waals surface area contributed by atoms with Crippen molar-refractivity contribution in [3.63, 3.8) is 0 Å². The Morgan fingerprint density at radius 2 is 1.57 bits per heavy atom. The molecule has 1 N–H and O–H groups in total. The van der Waals surface area contributed by atoms with Crippen LogP contribution in [-0.4, -0.2) is 30.6 Å². The molecule has 0 fully saturated rings. The van der Waals surface area contributed by atoms with E-state index in [1.54, 1.807) is 38.1 Å². The number of ether oxygens (including phenoxy) is 2. The third kappa shape index (κ3) is 6.87. The molecule has 0 aromatic heterocycles. The lowest BCUT2D eigenvalue weighted by Crippen LogP contribution is -2.21. The smallest absolute Gasteiger partial charge is 0.338 e. The van der Waals surface area contributed by atoms with Crippen LogP contribution in [0.5, 0.6) is 0 Å². The fraction of sp³-hybridized carbons (Fsp3) is 0.318. The molecular formula is C22H25NO5. The second kappa shape index (κ2) is 10.3. The van der Waals surface area contributed by atoms with Gasteiger partial charge in [0.05, 0.1) is 18.1 Å². The van der Waals surface area contributed by atoms with Crippen molar-refractivity contribution in [3.05, 3.63) is 65.7 Å². The van der Waals surface area contributed by atoms with Gasteiger partial charge < -0.3 is 14.8 Å². The van der Waals surface area contributed by atoms with E-state index in [4.69, 9.17) is 9.47 Å². The number of anilines is 1. The van der Waals surface area contributed by atoms with Gasteiger partial charge in [-0.15, -0.1) is 0 Å². The van der Waals surface area contributed by atoms with Crippen LogP contribution < -0.4 is 5.32 Å². The second-order valence-electron chi connectivity index (χ2n) is 6.76. The van der Waals surface area contributed by atoms with Gasteiger partial charge in [-0.05, 0) is 49.6 Å². The molecule has 148 valence electrons. The van der Waals surface area contributed by atoms with E-state index in [9.17, 15) is 14.4 Å². The summed E-state index contributed by atoms with van der Waals surface area (Å²) in [5, 5.41) is 2.62. The van der Waals surface area contributed by atoms with E-state index >= 15 is 0 Å². The summed E-state index contributed by atoms with van der Waals surface area (Å²) in [5.74, 6) is -1.29. The highest BCUT2D eigenvalue weighted by atomic mass is 16.5. The monoisotopic (exact) mass is 383 g/mol. The van der Waals surface area contributed by atoms with Gasteiger partial charge in [0.1, 0.15) is 0 Å². The van der Waals surface area contributed by atoms with Gasteiger partial charge in [-0.2, -0.15) is 0 Å². The Hall–Kier alpha value is -3.15. The number of hydrogen-bond acceptors (Lipinski definition) is 5. The van der Waals surface area contributed by atoms with Gasteiger partial charge in [-0.25, -0.2) is 4.79 Å². The van der Waals surface area contributed by atoms with Gasteiger partial charge in [0.2, 0.25) is 0 Å². The van der Waals surface area contributed by atoms with E-state index in [2.05, 4.69) is 5.32 Å². The summed E-state index contributed by atoms with van der Waals surface area (Å²) in [4.78, 5) is 35.7. The molecule has 2 rings (SSSR count). The average molecular weight is 383 g/mol. The van der Waals surface area contributed by atoms with Crippen molar-refractivity contribution in [1.29, 1.82) is 0 Å². The summed E-state index contributed by atoms with van der Waals surface area (Å²) >= 11 is 0. The SMILES string of the molecule is CC(C)OC(=O)c1ccc(NC(=O)COC(=O)C[C@H](C)c2ccccc2)cc1. The Labute approximate surface area is 164 Å². The summed E-state index contributed by atoms with van der Waals surface area (Å²) < 4.78 is 10.2. The van der Waals surface area contributed by atoms with E-state index in [1.807, 2.05) is 37.3 Å². The first-order valence-electron chi connectivity index (χ1n) is 9.16. The Balaban J connectivity index is 1.77. The molecule has 28 heavy (non-hydrogen) atoms. The summed E-state index contributed by atoms with van der Waals surface area (Å²) in [6.45, 7) is 5.11. The van der Waals surface area contributed by atoms with E-state index in [-0.39, 0.29) is 25.0 Å². The first-order valence-corrected chi connectivity index (χ1v) is 9.16. The molecule has 1 atom stereocenters. The van der Waals surface area contributed by atoms with E-state index in [1.165, 1.54) is 0 Å². The van der Waals surface area contributed by atoms with E-state index in [0.29, 0.717) is 11.3 Å². The second-order valence-corrected chi connectivity index (χ2v) is 6.76. The van der Waals surface area contributed by atoms with Crippen molar-refractivity contribution in [3.8, 4) is 0 Å². The normalized spacial score (nSPS) is 11.6. The van der Waals surface area contributed by atoms with Crippen LogP contribution in [0.25, 0.3) is 0 Å². The van der Waals surface area contributed by atoms with Crippen molar-refractivity contribution in [1.82, 2.24) is 0 Å². The van der Waals surface area contributed by atoms with Crippen molar-refractivity contribution in [2.45, 2.75) is 39.2 Å². The lowest BCUT2D eigenvalue weighted by Gasteiger charge is -2.12. The quantitative estimate of drug-likeness (QED) is 0.699. The Morgan fingerprint density at radius 3 is 2.18 bits per heavy atom. The third-order valence-electron chi connectivity index (χ3n) is 3.95. The van der Waals surface area contributed by atoms with Crippen LogP contribution in [-0.2, 0) is 19.1 Å². The predicted octanol–water partition coefficient (Wildman–Crippen LogP) is 3.93. The fourth-order valence-electron chi connectivity index (χ4n) is 2.52. The summed E-state index contributed by atoms with van der Waals surface area (Å²) in [5.41, 5.74) is 1.94. The third-order valence-corrected chi connectivity index (χ3v) is 3.95. The zero-order valence-corrected chi connectivity index (χ0v) is 16.3. The molecule has 0 unspecified atom stereocenters. The Bertz CT molecular complexity index is 799. The van der Waals surface area contributed by atoms with Crippen LogP contribution in [0.15, 0.2) is 54.6 Å². The molecule has 0 aliphatic heterocycles. The molecule has 0 spiro atoms. The van der Waals surface area contributed by atoms with E-state index < -0.39 is 17.8 Å². The number of esters is 2. The Kier molecular flexibility index (Phi) is 7.75. The number of carbonyl (C=O) groups excluding carboxylic acids is 3. The average Bonchev–Trinajstić information content (AvgIpc) is 2.67. The zero-order chi connectivity index (χ0) is 20.5. The molecule has 0 saturated carbocycles. The molecule has 2 aromatic carbocycles. The van der Waals surface area contributed by atoms with Gasteiger partial charge in [0.15, 0.2) is 6.61 Å². The molecular weight excluding hydrogens is 358 g/mol. The number of hydrogen-bond donors (Lipinski definition) is 1. The summed E-state index contributed by atoms with van der Waals surface area (Å²) in [6.07, 6.45) is -0.00425. The maximum absolute atomic E-state index is 12.0. The van der Waals surface area contributed by atoms with Gasteiger partial charge in [-0.3, -0.25) is 9.59 Å². The van der Waals surface area contributed by atoms with Crippen LogP contribution in [0.4, 0.5) is 5.69 Å². The first kappa shape index (κ1) is 21.2. The maximum Gasteiger partial charge on any atom is 0.338 e. The van der Waals surface area contributed by atoms with Crippen molar-refractivity contribution in [2.75, 3.05) is 11.9 Å². The van der Waals surface area contributed by atoms with Gasteiger partial charge >= 0.3 is 11.9 Å². The standard InChI is InChI=1S/C22H25NO5/c1-15(2)28-22(26)18-9-11-19(12-10-18)23-20(24)14-27-21(25)13-16(3)17-7-5-4-6-8-17/h4-12,15-16H,13-14H2,1-3H3,(H,23,24)/t16-/m0/s1. The minimum atomic E-state index is -0.446. The topological polar surface area (TPSA) is 81.7 Å². The molecule has 2 aromatic rings. The zero-order valence-electron chi connectivity index (χ0n) is 16.3. The minimum absolute atomic E-state index is 0.00917. The lowest BCUT2D eigenvalue weighted by atomic mass is 9.98. The number of rotatable bonds is 8. The first-order chi connectivity index (χ1) is 13.3. The van der Waals surface area contributed by atoms with Crippen LogP contribution >= 0.6 is 0 Å². The molecule has 6 nitrogen and oxygen atoms in total. The number of nitrogens with one attached hydrogen (secondary N) is 1. The van der Waals surface area contributed by atoms with E-state index in [0.717, 1.165) is 5.56 Å².